The van der Waals surface area contributed by atoms with Gasteiger partial charge in [-0.15, -0.1) is 0 Å². The summed E-state index contributed by atoms with van der Waals surface area (Å²) < 4.78 is 1.95. The lowest BCUT2D eigenvalue weighted by atomic mass is 9.93. The predicted molar refractivity (Wildman–Crippen MR) is 108 cm³/mol. The van der Waals surface area contributed by atoms with E-state index in [1.165, 1.54) is 26.2 Å². The van der Waals surface area contributed by atoms with Gasteiger partial charge in [-0.05, 0) is 30.0 Å². The molecule has 28 heavy (non-hydrogen) atoms. The molecular formula is C22H26N4O2. The van der Waals surface area contributed by atoms with Gasteiger partial charge in [-0.1, -0.05) is 43.5 Å². The fraction of sp³-hybridized carbons (Fsp3) is 0.409. The Labute approximate surface area is 165 Å². The third kappa shape index (κ3) is 3.72. The van der Waals surface area contributed by atoms with Gasteiger partial charge in [0.25, 0.3) is 0 Å². The molecule has 6 nitrogen and oxygen atoms in total. The second-order valence-corrected chi connectivity index (χ2v) is 7.59. The van der Waals surface area contributed by atoms with Crippen LogP contribution in [-0.4, -0.2) is 26.5 Å². The van der Waals surface area contributed by atoms with Crippen LogP contribution in [0.1, 0.15) is 68.7 Å². The van der Waals surface area contributed by atoms with E-state index in [4.69, 9.17) is 0 Å². The Bertz CT molecular complexity index is 895. The first-order valence-electron chi connectivity index (χ1n) is 10.0. The molecule has 2 aromatic rings. The zero-order valence-electron chi connectivity index (χ0n) is 16.2. The van der Waals surface area contributed by atoms with Crippen LogP contribution < -0.4 is 5.32 Å². The molecule has 2 heterocycles. The molecule has 2 aliphatic rings. The van der Waals surface area contributed by atoms with E-state index in [9.17, 15) is 9.59 Å². The van der Waals surface area contributed by atoms with Crippen LogP contribution in [0, 0.1) is 0 Å². The van der Waals surface area contributed by atoms with Crippen molar-refractivity contribution < 1.29 is 9.59 Å². The number of fused-ring (bicyclic) bond motifs is 1. The van der Waals surface area contributed by atoms with E-state index in [1.807, 2.05) is 41.1 Å². The van der Waals surface area contributed by atoms with Crippen LogP contribution in [0.25, 0.3) is 6.08 Å². The number of rotatable bonds is 4. The molecule has 0 radical (unpaired) electrons. The van der Waals surface area contributed by atoms with E-state index in [0.717, 1.165) is 29.8 Å². The quantitative estimate of drug-likeness (QED) is 0.863. The average Bonchev–Trinajstić information content (AvgIpc) is 3.16. The Morgan fingerprint density at radius 1 is 1.14 bits per heavy atom. The van der Waals surface area contributed by atoms with Crippen LogP contribution in [0.2, 0.25) is 0 Å². The molecule has 0 spiro atoms. The van der Waals surface area contributed by atoms with Crippen molar-refractivity contribution in [3.63, 3.8) is 0 Å². The maximum atomic E-state index is 12.9. The van der Waals surface area contributed by atoms with Gasteiger partial charge in [0.1, 0.15) is 5.82 Å². The first-order valence-corrected chi connectivity index (χ1v) is 10.0. The van der Waals surface area contributed by atoms with Crippen LogP contribution >= 0.6 is 0 Å². The Morgan fingerprint density at radius 2 is 1.93 bits per heavy atom. The third-order valence-corrected chi connectivity index (χ3v) is 5.71. The lowest BCUT2D eigenvalue weighted by Gasteiger charge is -2.32. The van der Waals surface area contributed by atoms with Crippen molar-refractivity contribution in [1.29, 1.82) is 0 Å². The highest BCUT2D eigenvalue weighted by Crippen LogP contribution is 2.34. The highest BCUT2D eigenvalue weighted by Gasteiger charge is 2.28. The molecule has 1 N–H and O–H groups in total. The third-order valence-electron chi connectivity index (χ3n) is 5.71. The molecule has 1 atom stereocenters. The fourth-order valence-electron chi connectivity index (χ4n) is 4.31. The highest BCUT2D eigenvalue weighted by molar-refractivity contribution is 5.91. The Kier molecular flexibility index (Phi) is 5.28. The summed E-state index contributed by atoms with van der Waals surface area (Å²) in [6.45, 7) is 1.53. The standard InChI is InChI=1S/C22H26N4O2/c1-16(27)25-14-12-17-7-5-6-10-19(17)20(25)15-22(28)24-21-11-13-23-26(21)18-8-3-2-4-9-18/h5-7,10-14,18,20H,2-4,8-9,15H2,1H3,(H,24,28). The second kappa shape index (κ2) is 8.00. The minimum Gasteiger partial charge on any atom is -0.311 e. The number of hydrogen-bond donors (Lipinski definition) is 1. The number of aromatic nitrogens is 2. The Morgan fingerprint density at radius 3 is 2.71 bits per heavy atom. The minimum atomic E-state index is -0.301. The molecule has 1 fully saturated rings. The van der Waals surface area contributed by atoms with E-state index in [1.54, 1.807) is 17.3 Å². The monoisotopic (exact) mass is 378 g/mol. The van der Waals surface area contributed by atoms with Crippen molar-refractivity contribution in [3.8, 4) is 0 Å². The van der Waals surface area contributed by atoms with E-state index in [-0.39, 0.29) is 24.3 Å². The van der Waals surface area contributed by atoms with Crippen LogP contribution in [0.4, 0.5) is 5.82 Å². The summed E-state index contributed by atoms with van der Waals surface area (Å²) in [5, 5.41) is 7.47. The molecule has 1 aliphatic heterocycles. The Balaban J connectivity index is 1.51. The molecule has 1 saturated carbocycles. The van der Waals surface area contributed by atoms with Gasteiger partial charge in [0, 0.05) is 19.2 Å². The molecule has 4 rings (SSSR count). The summed E-state index contributed by atoms with van der Waals surface area (Å²) in [6.07, 6.45) is 11.5. The van der Waals surface area contributed by atoms with Crippen LogP contribution in [-0.2, 0) is 9.59 Å². The van der Waals surface area contributed by atoms with E-state index >= 15 is 0 Å². The number of nitrogens with zero attached hydrogens (tertiary/aromatic N) is 3. The highest BCUT2D eigenvalue weighted by atomic mass is 16.2. The molecule has 0 saturated heterocycles. The van der Waals surface area contributed by atoms with Crippen LogP contribution in [0.3, 0.4) is 0 Å². The summed E-state index contributed by atoms with van der Waals surface area (Å²) in [6, 6.07) is 9.80. The topological polar surface area (TPSA) is 67.2 Å². The van der Waals surface area contributed by atoms with Crippen LogP contribution in [0.15, 0.2) is 42.7 Å². The summed E-state index contributed by atoms with van der Waals surface area (Å²) >= 11 is 0. The Hall–Kier alpha value is -2.89. The number of carbonyl (C=O) groups excluding carboxylic acids is 2. The number of carbonyl (C=O) groups is 2. The molecule has 1 aliphatic carbocycles. The van der Waals surface area contributed by atoms with Crippen molar-refractivity contribution in [2.24, 2.45) is 0 Å². The first-order chi connectivity index (χ1) is 13.6. The molecule has 1 aromatic carbocycles. The zero-order valence-corrected chi connectivity index (χ0v) is 16.2. The van der Waals surface area contributed by atoms with Gasteiger partial charge in [0.2, 0.25) is 11.8 Å². The normalized spacial score (nSPS) is 19.3. The van der Waals surface area contributed by atoms with E-state index in [2.05, 4.69) is 10.4 Å². The largest absolute Gasteiger partial charge is 0.311 e. The van der Waals surface area contributed by atoms with Crippen LogP contribution in [0.5, 0.6) is 0 Å². The summed E-state index contributed by atoms with van der Waals surface area (Å²) in [7, 11) is 0. The van der Waals surface area contributed by atoms with Gasteiger partial charge in [-0.2, -0.15) is 5.10 Å². The van der Waals surface area contributed by atoms with Gasteiger partial charge < -0.3 is 10.2 Å². The van der Waals surface area contributed by atoms with Crippen molar-refractivity contribution in [3.05, 3.63) is 53.9 Å². The summed E-state index contributed by atoms with van der Waals surface area (Å²) in [4.78, 5) is 26.6. The number of nitrogens with one attached hydrogen (secondary N) is 1. The minimum absolute atomic E-state index is 0.0733. The molecule has 2 amide bonds. The smallest absolute Gasteiger partial charge is 0.227 e. The van der Waals surface area contributed by atoms with Gasteiger partial charge in [0.15, 0.2) is 0 Å². The number of hydrogen-bond acceptors (Lipinski definition) is 3. The van der Waals surface area contributed by atoms with Gasteiger partial charge >= 0.3 is 0 Å². The number of amides is 2. The maximum absolute atomic E-state index is 12.9. The molecule has 1 unspecified atom stereocenters. The van der Waals surface area contributed by atoms with Crippen molar-refractivity contribution >= 4 is 23.7 Å². The van der Waals surface area contributed by atoms with Crippen molar-refractivity contribution in [2.45, 2.75) is 57.5 Å². The molecular weight excluding hydrogens is 352 g/mol. The van der Waals surface area contributed by atoms with Gasteiger partial charge in [0.05, 0.1) is 24.7 Å². The molecule has 0 bridgehead atoms. The fourth-order valence-corrected chi connectivity index (χ4v) is 4.31. The maximum Gasteiger partial charge on any atom is 0.227 e. The molecule has 146 valence electrons. The van der Waals surface area contributed by atoms with Gasteiger partial charge in [-0.25, -0.2) is 4.68 Å². The number of anilines is 1. The average molecular weight is 378 g/mol. The lowest BCUT2D eigenvalue weighted by molar-refractivity contribution is -0.129. The summed E-state index contributed by atoms with van der Waals surface area (Å²) in [5.41, 5.74) is 2.04. The second-order valence-electron chi connectivity index (χ2n) is 7.59. The van der Waals surface area contributed by atoms with E-state index in [0.29, 0.717) is 6.04 Å². The van der Waals surface area contributed by atoms with Crippen molar-refractivity contribution in [2.75, 3.05) is 5.32 Å². The molecule has 6 heteroatoms. The first kappa shape index (κ1) is 18.5. The van der Waals surface area contributed by atoms with E-state index < -0.39 is 0 Å². The number of benzene rings is 1. The van der Waals surface area contributed by atoms with Gasteiger partial charge in [-0.3, -0.25) is 9.59 Å². The predicted octanol–water partition coefficient (Wildman–Crippen LogP) is 4.29. The zero-order chi connectivity index (χ0) is 19.5. The molecule has 1 aromatic heterocycles. The lowest BCUT2D eigenvalue weighted by Crippen LogP contribution is -2.33. The summed E-state index contributed by atoms with van der Waals surface area (Å²) in [5.74, 6) is 0.556. The van der Waals surface area contributed by atoms with Crippen molar-refractivity contribution in [1.82, 2.24) is 14.7 Å². The SMILES string of the molecule is CC(=O)N1C=Cc2ccccc2C1CC(=O)Nc1ccnn1C1CCCCC1.